The van der Waals surface area contributed by atoms with Crippen LogP contribution in [0.15, 0.2) is 47.1 Å². The molecule has 0 aliphatic rings. The third kappa shape index (κ3) is 2.73. The Labute approximate surface area is 102 Å². The Morgan fingerprint density at radius 1 is 1.25 bits per heavy atom. The van der Waals surface area contributed by atoms with Gasteiger partial charge in [-0.2, -0.15) is 0 Å². The molecule has 4 heteroatoms. The molecule has 2 aromatic rings. The molecule has 1 aromatic heterocycles. The van der Waals surface area contributed by atoms with Crippen LogP contribution < -0.4 is 10.5 Å². The molecule has 82 valence electrons. The summed E-state index contributed by atoms with van der Waals surface area (Å²) in [7, 11) is 0. The van der Waals surface area contributed by atoms with Crippen molar-refractivity contribution in [2.24, 2.45) is 0 Å². The molecular weight excluding hydrogens is 268 g/mol. The van der Waals surface area contributed by atoms with E-state index >= 15 is 0 Å². The van der Waals surface area contributed by atoms with E-state index in [0.717, 1.165) is 10.0 Å². The molecule has 0 spiro atoms. The number of halogens is 1. The lowest BCUT2D eigenvalue weighted by atomic mass is 10.2. The molecule has 0 fully saturated rings. The summed E-state index contributed by atoms with van der Waals surface area (Å²) in [5.41, 5.74) is 7.35. The highest BCUT2D eigenvalue weighted by Gasteiger charge is 2.00. The van der Waals surface area contributed by atoms with Crippen molar-refractivity contribution in [3.8, 4) is 5.88 Å². The molecule has 0 unspecified atom stereocenters. The van der Waals surface area contributed by atoms with Gasteiger partial charge in [-0.25, -0.2) is 4.98 Å². The van der Waals surface area contributed by atoms with Gasteiger partial charge < -0.3 is 10.5 Å². The maximum absolute atomic E-state index is 5.63. The summed E-state index contributed by atoms with van der Waals surface area (Å²) < 4.78 is 6.56. The lowest BCUT2D eigenvalue weighted by Gasteiger charge is -2.07. The van der Waals surface area contributed by atoms with Gasteiger partial charge in [-0.05, 0) is 12.1 Å². The fourth-order valence-corrected chi connectivity index (χ4v) is 1.67. The van der Waals surface area contributed by atoms with Gasteiger partial charge >= 0.3 is 0 Å². The summed E-state index contributed by atoms with van der Waals surface area (Å²) in [5, 5.41) is 0. The second-order valence-electron chi connectivity index (χ2n) is 3.31. The van der Waals surface area contributed by atoms with Crippen LogP contribution in [0.25, 0.3) is 0 Å². The van der Waals surface area contributed by atoms with Crippen LogP contribution >= 0.6 is 15.9 Å². The Hall–Kier alpha value is -1.55. The zero-order valence-corrected chi connectivity index (χ0v) is 10.1. The third-order valence-electron chi connectivity index (χ3n) is 2.09. The molecule has 0 bridgehead atoms. The van der Waals surface area contributed by atoms with E-state index in [4.69, 9.17) is 10.5 Å². The minimum atomic E-state index is 0.470. The number of aromatic nitrogens is 1. The van der Waals surface area contributed by atoms with Crippen LogP contribution in [0.4, 0.5) is 5.69 Å². The average Bonchev–Trinajstić information content (AvgIpc) is 2.28. The van der Waals surface area contributed by atoms with Crippen molar-refractivity contribution in [3.63, 3.8) is 0 Å². The van der Waals surface area contributed by atoms with E-state index in [1.54, 1.807) is 18.3 Å². The van der Waals surface area contributed by atoms with Crippen molar-refractivity contribution in [3.05, 3.63) is 52.6 Å². The monoisotopic (exact) mass is 278 g/mol. The van der Waals surface area contributed by atoms with E-state index in [2.05, 4.69) is 20.9 Å². The fourth-order valence-electron chi connectivity index (χ4n) is 1.27. The maximum Gasteiger partial charge on any atom is 0.215 e. The van der Waals surface area contributed by atoms with Crippen molar-refractivity contribution in [1.82, 2.24) is 4.98 Å². The molecule has 2 rings (SSSR count). The Bertz CT molecular complexity index is 488. The highest BCUT2D eigenvalue weighted by atomic mass is 79.9. The van der Waals surface area contributed by atoms with E-state index in [0.29, 0.717) is 18.2 Å². The number of nitrogen functional groups attached to an aromatic ring is 1. The van der Waals surface area contributed by atoms with Crippen molar-refractivity contribution in [2.75, 3.05) is 5.73 Å². The third-order valence-corrected chi connectivity index (χ3v) is 2.87. The largest absolute Gasteiger partial charge is 0.473 e. The summed E-state index contributed by atoms with van der Waals surface area (Å²) in [6.45, 7) is 0.470. The van der Waals surface area contributed by atoms with Gasteiger partial charge in [0.1, 0.15) is 6.61 Å². The second kappa shape index (κ2) is 4.99. The van der Waals surface area contributed by atoms with Crippen molar-refractivity contribution in [2.45, 2.75) is 6.61 Å². The van der Waals surface area contributed by atoms with Crippen molar-refractivity contribution in [1.29, 1.82) is 0 Å². The van der Waals surface area contributed by atoms with E-state index in [9.17, 15) is 0 Å². The highest BCUT2D eigenvalue weighted by Crippen LogP contribution is 2.18. The topological polar surface area (TPSA) is 48.1 Å². The standard InChI is InChI=1S/C12H11BrN2O/c13-11-4-2-1-3-9(11)8-16-12-7-10(14)5-6-15-12/h1-7H,8H2,(H2,14,15). The van der Waals surface area contributed by atoms with Gasteiger partial charge in [-0.3, -0.25) is 0 Å². The molecule has 0 aliphatic carbocycles. The van der Waals surface area contributed by atoms with Crippen molar-refractivity contribution < 1.29 is 4.74 Å². The maximum atomic E-state index is 5.63. The SMILES string of the molecule is Nc1ccnc(OCc2ccccc2Br)c1. The summed E-state index contributed by atoms with van der Waals surface area (Å²) in [6, 6.07) is 11.3. The number of nitrogens with zero attached hydrogens (tertiary/aromatic N) is 1. The number of hydrogen-bond acceptors (Lipinski definition) is 3. The average molecular weight is 279 g/mol. The molecular formula is C12H11BrN2O. The van der Waals surface area contributed by atoms with Crippen LogP contribution in [0.1, 0.15) is 5.56 Å². The van der Waals surface area contributed by atoms with Crippen LogP contribution in [0.2, 0.25) is 0 Å². The van der Waals surface area contributed by atoms with Gasteiger partial charge in [0.15, 0.2) is 0 Å². The summed E-state index contributed by atoms with van der Waals surface area (Å²) >= 11 is 3.46. The lowest BCUT2D eigenvalue weighted by Crippen LogP contribution is -1.98. The normalized spacial score (nSPS) is 10.1. The minimum Gasteiger partial charge on any atom is -0.473 e. The molecule has 0 saturated heterocycles. The first-order valence-corrected chi connectivity index (χ1v) is 5.63. The quantitative estimate of drug-likeness (QED) is 0.939. The van der Waals surface area contributed by atoms with Gasteiger partial charge in [-0.15, -0.1) is 0 Å². The lowest BCUT2D eigenvalue weighted by molar-refractivity contribution is 0.293. The Balaban J connectivity index is 2.05. The number of pyridine rings is 1. The Morgan fingerprint density at radius 2 is 2.06 bits per heavy atom. The van der Waals surface area contributed by atoms with Gasteiger partial charge in [0.05, 0.1) is 0 Å². The van der Waals surface area contributed by atoms with Crippen molar-refractivity contribution >= 4 is 21.6 Å². The molecule has 1 heterocycles. The van der Waals surface area contributed by atoms with Crippen LogP contribution in [-0.2, 0) is 6.61 Å². The van der Waals surface area contributed by atoms with Gasteiger partial charge in [0.25, 0.3) is 0 Å². The van der Waals surface area contributed by atoms with Crippen LogP contribution in [0.5, 0.6) is 5.88 Å². The van der Waals surface area contributed by atoms with Crippen LogP contribution in [0, 0.1) is 0 Å². The molecule has 0 radical (unpaired) electrons. The zero-order valence-electron chi connectivity index (χ0n) is 8.56. The zero-order chi connectivity index (χ0) is 11.4. The molecule has 0 amide bonds. The first kappa shape index (κ1) is 11.0. The first-order chi connectivity index (χ1) is 7.75. The van der Waals surface area contributed by atoms with Crippen LogP contribution in [-0.4, -0.2) is 4.98 Å². The molecule has 0 saturated carbocycles. The second-order valence-corrected chi connectivity index (χ2v) is 4.16. The number of rotatable bonds is 3. The van der Waals surface area contributed by atoms with E-state index in [1.165, 1.54) is 0 Å². The predicted molar refractivity (Wildman–Crippen MR) is 67.1 cm³/mol. The minimum absolute atomic E-state index is 0.470. The predicted octanol–water partition coefficient (Wildman–Crippen LogP) is 3.01. The smallest absolute Gasteiger partial charge is 0.215 e. The summed E-state index contributed by atoms with van der Waals surface area (Å²) in [4.78, 5) is 4.07. The molecule has 0 atom stereocenters. The Kier molecular flexibility index (Phi) is 3.41. The number of ether oxygens (including phenoxy) is 1. The molecule has 0 aliphatic heterocycles. The van der Waals surface area contributed by atoms with Gasteiger partial charge in [0, 0.05) is 28.0 Å². The summed E-state index contributed by atoms with van der Waals surface area (Å²) in [6.07, 6.45) is 1.63. The number of anilines is 1. The number of nitrogens with two attached hydrogens (primary N) is 1. The number of hydrogen-bond donors (Lipinski definition) is 1. The molecule has 1 aromatic carbocycles. The van der Waals surface area contributed by atoms with Gasteiger partial charge in [0.2, 0.25) is 5.88 Å². The van der Waals surface area contributed by atoms with Gasteiger partial charge in [-0.1, -0.05) is 34.1 Å². The molecule has 3 nitrogen and oxygen atoms in total. The van der Waals surface area contributed by atoms with Crippen LogP contribution in [0.3, 0.4) is 0 Å². The first-order valence-electron chi connectivity index (χ1n) is 4.83. The van der Waals surface area contributed by atoms with E-state index in [-0.39, 0.29) is 0 Å². The fraction of sp³-hybridized carbons (Fsp3) is 0.0833. The highest BCUT2D eigenvalue weighted by molar-refractivity contribution is 9.10. The summed E-state index contributed by atoms with van der Waals surface area (Å²) in [5.74, 6) is 0.538. The van der Waals surface area contributed by atoms with E-state index < -0.39 is 0 Å². The Morgan fingerprint density at radius 3 is 2.81 bits per heavy atom. The van der Waals surface area contributed by atoms with E-state index in [1.807, 2.05) is 24.3 Å². The molecule has 16 heavy (non-hydrogen) atoms. The number of benzene rings is 1. The molecule has 2 N–H and O–H groups in total.